The minimum atomic E-state index is -4.49. The molecule has 41 heavy (non-hydrogen) atoms. The fourth-order valence-electron chi connectivity index (χ4n) is 6.20. The summed E-state index contributed by atoms with van der Waals surface area (Å²) in [6.07, 6.45) is -3.36. The zero-order valence-electron chi connectivity index (χ0n) is 23.6. The molecule has 0 aliphatic carbocycles. The normalized spacial score (nSPS) is 19.3. The molecule has 0 radical (unpaired) electrons. The summed E-state index contributed by atoms with van der Waals surface area (Å²) in [5.41, 5.74) is 5.84. The molecule has 2 aliphatic heterocycles. The van der Waals surface area contributed by atoms with E-state index in [-0.39, 0.29) is 5.75 Å². The molecule has 214 valence electrons. The minimum absolute atomic E-state index is 0.207. The first kappa shape index (κ1) is 27.5. The van der Waals surface area contributed by atoms with Crippen LogP contribution in [0.25, 0.3) is 10.9 Å². The topological polar surface area (TPSA) is 40.6 Å². The molecule has 0 saturated carbocycles. The average molecular weight is 561 g/mol. The lowest BCUT2D eigenvalue weighted by molar-refractivity contribution is -0.137. The van der Waals surface area contributed by atoms with Crippen LogP contribution in [0.5, 0.6) is 5.75 Å². The van der Waals surface area contributed by atoms with Crippen LogP contribution in [0.3, 0.4) is 0 Å². The Kier molecular flexibility index (Phi) is 7.38. The molecule has 6 rings (SSSR count). The molecule has 8 heteroatoms. The first-order valence-corrected chi connectivity index (χ1v) is 14.1. The molecule has 3 aromatic carbocycles. The Hall–Kier alpha value is -3.62. The minimum Gasteiger partial charge on any atom is -0.492 e. The largest absolute Gasteiger partial charge is 0.492 e. The number of hydrogen-bond donors (Lipinski definition) is 1. The van der Waals surface area contributed by atoms with Crippen LogP contribution in [0.1, 0.15) is 34.4 Å². The molecule has 2 bridgehead atoms. The van der Waals surface area contributed by atoms with Crippen molar-refractivity contribution >= 4 is 22.3 Å². The number of rotatable bonds is 8. The number of aromatic nitrogens is 1. The van der Waals surface area contributed by atoms with E-state index in [4.69, 9.17) is 4.74 Å². The van der Waals surface area contributed by atoms with Crippen molar-refractivity contribution in [1.29, 1.82) is 0 Å². The number of nitrogens with zero attached hydrogens (tertiary/aromatic N) is 3. The Bertz CT molecular complexity index is 1570. The van der Waals surface area contributed by atoms with Crippen molar-refractivity contribution in [3.05, 3.63) is 94.7 Å². The number of hydrogen-bond acceptors (Lipinski definition) is 5. The van der Waals surface area contributed by atoms with Crippen molar-refractivity contribution in [1.82, 2.24) is 14.8 Å². The molecule has 1 N–H and O–H groups in total. The fourth-order valence-corrected chi connectivity index (χ4v) is 6.20. The smallest absolute Gasteiger partial charge is 0.416 e. The van der Waals surface area contributed by atoms with E-state index >= 15 is 0 Å². The number of benzene rings is 3. The molecule has 1 aromatic heterocycles. The van der Waals surface area contributed by atoms with E-state index in [2.05, 4.69) is 52.1 Å². The number of ether oxygens (including phenoxy) is 1. The molecule has 4 aromatic rings. The van der Waals surface area contributed by atoms with E-state index in [1.54, 1.807) is 6.07 Å². The summed E-state index contributed by atoms with van der Waals surface area (Å²) in [5, 5.41) is 4.03. The van der Waals surface area contributed by atoms with Crippen LogP contribution < -0.4 is 10.1 Å². The summed E-state index contributed by atoms with van der Waals surface area (Å²) < 4.78 is 47.3. The maximum Gasteiger partial charge on any atom is 0.416 e. The van der Waals surface area contributed by atoms with Gasteiger partial charge in [-0.05, 0) is 68.1 Å². The number of para-hydroxylation sites is 1. The van der Waals surface area contributed by atoms with Crippen LogP contribution in [0.4, 0.5) is 24.5 Å². The van der Waals surface area contributed by atoms with Crippen molar-refractivity contribution in [2.45, 2.75) is 52.0 Å². The highest BCUT2D eigenvalue weighted by molar-refractivity contribution is 5.93. The molecular weight excluding hydrogens is 525 g/mol. The van der Waals surface area contributed by atoms with Gasteiger partial charge in [0.15, 0.2) is 0 Å². The second-order valence-corrected chi connectivity index (χ2v) is 11.4. The number of piperazine rings is 1. The highest BCUT2D eigenvalue weighted by atomic mass is 19.4. The maximum absolute atomic E-state index is 13.8. The summed E-state index contributed by atoms with van der Waals surface area (Å²) in [4.78, 5) is 9.50. The van der Waals surface area contributed by atoms with Crippen LogP contribution in [0.15, 0.2) is 66.7 Å². The summed E-state index contributed by atoms with van der Waals surface area (Å²) in [7, 11) is 0. The van der Waals surface area contributed by atoms with Gasteiger partial charge in [-0.25, -0.2) is 0 Å². The van der Waals surface area contributed by atoms with E-state index in [9.17, 15) is 13.2 Å². The fraction of sp³-hybridized carbons (Fsp3) is 0.364. The monoisotopic (exact) mass is 560 g/mol. The van der Waals surface area contributed by atoms with Crippen LogP contribution >= 0.6 is 0 Å². The number of likely N-dealkylation sites (tertiary alicyclic amines) is 2. The summed E-state index contributed by atoms with van der Waals surface area (Å²) >= 11 is 0. The molecule has 2 atom stereocenters. The molecule has 2 fully saturated rings. The Labute approximate surface area is 238 Å². The third-order valence-electron chi connectivity index (χ3n) is 8.43. The maximum atomic E-state index is 13.8. The van der Waals surface area contributed by atoms with Gasteiger partial charge in [0.05, 0.1) is 11.1 Å². The number of anilines is 2. The zero-order valence-corrected chi connectivity index (χ0v) is 23.6. The van der Waals surface area contributed by atoms with E-state index in [0.717, 1.165) is 54.8 Å². The van der Waals surface area contributed by atoms with Gasteiger partial charge < -0.3 is 10.1 Å². The molecule has 1 unspecified atom stereocenters. The van der Waals surface area contributed by atoms with Crippen molar-refractivity contribution in [2.75, 3.05) is 31.6 Å². The van der Waals surface area contributed by atoms with Crippen LogP contribution in [-0.2, 0) is 12.7 Å². The Morgan fingerprint density at radius 2 is 1.68 bits per heavy atom. The van der Waals surface area contributed by atoms with Gasteiger partial charge in [-0.1, -0.05) is 36.4 Å². The summed E-state index contributed by atoms with van der Waals surface area (Å²) in [6, 6.07) is 20.9. The number of aryl methyl sites for hydroxylation is 3. The quantitative estimate of drug-likeness (QED) is 0.246. The second kappa shape index (κ2) is 11.0. The highest BCUT2D eigenvalue weighted by Gasteiger charge is 2.42. The summed E-state index contributed by atoms with van der Waals surface area (Å²) in [5.74, 6) is 0.207. The highest BCUT2D eigenvalue weighted by Crippen LogP contribution is 2.36. The average Bonchev–Trinajstić information content (AvgIpc) is 3.50. The molecule has 3 heterocycles. The van der Waals surface area contributed by atoms with Gasteiger partial charge in [-0.15, -0.1) is 0 Å². The zero-order chi connectivity index (χ0) is 28.7. The van der Waals surface area contributed by atoms with E-state index in [1.165, 1.54) is 16.7 Å². The molecule has 5 nitrogen and oxygen atoms in total. The summed E-state index contributed by atoms with van der Waals surface area (Å²) in [6.45, 7) is 10.1. The third-order valence-corrected chi connectivity index (χ3v) is 8.43. The van der Waals surface area contributed by atoms with Crippen molar-refractivity contribution < 1.29 is 17.9 Å². The predicted octanol–water partition coefficient (Wildman–Crippen LogP) is 7.26. The predicted molar refractivity (Wildman–Crippen MR) is 157 cm³/mol. The van der Waals surface area contributed by atoms with Gasteiger partial charge in [-0.2, -0.15) is 13.2 Å². The van der Waals surface area contributed by atoms with Crippen LogP contribution in [0.2, 0.25) is 0 Å². The van der Waals surface area contributed by atoms with Crippen molar-refractivity contribution in [3.8, 4) is 5.75 Å². The van der Waals surface area contributed by atoms with E-state index < -0.39 is 11.7 Å². The Balaban J connectivity index is 1.10. The first-order chi connectivity index (χ1) is 19.6. The van der Waals surface area contributed by atoms with Gasteiger partial charge in [-0.3, -0.25) is 14.8 Å². The second-order valence-electron chi connectivity index (χ2n) is 11.4. The van der Waals surface area contributed by atoms with Gasteiger partial charge in [0.1, 0.15) is 12.4 Å². The third kappa shape index (κ3) is 6.04. The van der Waals surface area contributed by atoms with Crippen LogP contribution in [-0.4, -0.2) is 53.1 Å². The number of nitrogens with one attached hydrogen (secondary N) is 1. The van der Waals surface area contributed by atoms with Gasteiger partial charge in [0.25, 0.3) is 0 Å². The first-order valence-electron chi connectivity index (χ1n) is 14.1. The number of fused-ring (bicyclic) bond motifs is 3. The molecule has 0 spiro atoms. The number of halogens is 3. The lowest BCUT2D eigenvalue weighted by Crippen LogP contribution is -2.47. The molecule has 2 saturated heterocycles. The van der Waals surface area contributed by atoms with Crippen molar-refractivity contribution in [2.24, 2.45) is 0 Å². The number of alkyl halides is 3. The Morgan fingerprint density at radius 3 is 2.44 bits per heavy atom. The lowest BCUT2D eigenvalue weighted by atomic mass is 10.1. The van der Waals surface area contributed by atoms with Gasteiger partial charge in [0, 0.05) is 66.8 Å². The SMILES string of the molecule is Cc1cc(Nc2cc(OCCN3C[C@@H]4CC3CN4Cc3ccc(C)c(C)c3)cc(C(F)(F)F)c2)c2ccccc2n1. The van der Waals surface area contributed by atoms with Crippen molar-refractivity contribution in [3.63, 3.8) is 0 Å². The van der Waals surface area contributed by atoms with Gasteiger partial charge >= 0.3 is 6.18 Å². The molecule has 0 amide bonds. The Morgan fingerprint density at radius 1 is 0.902 bits per heavy atom. The van der Waals surface area contributed by atoms with E-state index in [0.29, 0.717) is 36.6 Å². The van der Waals surface area contributed by atoms with Gasteiger partial charge in [0.2, 0.25) is 0 Å². The van der Waals surface area contributed by atoms with Crippen LogP contribution in [0, 0.1) is 20.8 Å². The van der Waals surface area contributed by atoms with E-state index in [1.807, 2.05) is 37.3 Å². The standard InChI is InChI=1S/C33H35F3N4O/c1-21-8-9-24(12-22(21)2)18-40-20-27-17-28(40)19-39(27)10-11-41-29-15-25(33(34,35)36)14-26(16-29)38-32-13-23(3)37-31-7-5-4-6-30(31)32/h4-9,12-16,27-28H,10-11,17-20H2,1-3H3,(H,37,38)/t27?,28-/m0/s1. The lowest BCUT2D eigenvalue weighted by Gasteiger charge is -2.34. The molecule has 2 aliphatic rings. The molecular formula is C33H35F3N4O. The number of pyridine rings is 1.